The van der Waals surface area contributed by atoms with E-state index in [9.17, 15) is 19.8 Å². The zero-order chi connectivity index (χ0) is 50.7. The lowest BCUT2D eigenvalue weighted by molar-refractivity contribution is -0.143. The first kappa shape index (κ1) is 68.1. The fraction of sp³-hybridized carbons (Fsp3) is 0.875. The van der Waals surface area contributed by atoms with E-state index < -0.39 is 12.1 Å². The molecule has 6 heteroatoms. The maximum Gasteiger partial charge on any atom is 0.305 e. The van der Waals surface area contributed by atoms with Crippen LogP contribution in [0, 0.1) is 0 Å². The molecule has 0 saturated heterocycles. The smallest absolute Gasteiger partial charge is 0.305 e. The Labute approximate surface area is 436 Å². The van der Waals surface area contributed by atoms with Crippen LogP contribution < -0.4 is 5.32 Å². The molecular formula is C64H121NO5. The first-order chi connectivity index (χ1) is 34.5. The quantitative estimate of drug-likeness (QED) is 0.0321. The number of carbonyl (C=O) groups is 2. The van der Waals surface area contributed by atoms with Crippen molar-refractivity contribution < 1.29 is 24.5 Å². The number of unbranched alkanes of at least 4 members (excludes halogenated alkanes) is 43. The van der Waals surface area contributed by atoms with Gasteiger partial charge >= 0.3 is 5.97 Å². The highest BCUT2D eigenvalue weighted by Crippen LogP contribution is 2.17. The van der Waals surface area contributed by atoms with Gasteiger partial charge in [-0.1, -0.05) is 275 Å². The second-order valence-electron chi connectivity index (χ2n) is 21.4. The van der Waals surface area contributed by atoms with Crippen molar-refractivity contribution in [3.63, 3.8) is 0 Å². The Balaban J connectivity index is 3.37. The minimum absolute atomic E-state index is 0.00669. The van der Waals surface area contributed by atoms with Crippen LogP contribution in [0.2, 0.25) is 0 Å². The molecule has 0 fully saturated rings. The van der Waals surface area contributed by atoms with Crippen LogP contribution in [0.4, 0.5) is 0 Å². The Bertz CT molecular complexity index is 1130. The number of esters is 1. The van der Waals surface area contributed by atoms with Crippen LogP contribution in [0.15, 0.2) is 36.5 Å². The van der Waals surface area contributed by atoms with E-state index in [0.717, 1.165) is 44.9 Å². The molecule has 0 saturated carbocycles. The van der Waals surface area contributed by atoms with E-state index in [2.05, 4.69) is 43.5 Å². The van der Waals surface area contributed by atoms with Crippen molar-refractivity contribution >= 4 is 11.9 Å². The van der Waals surface area contributed by atoms with Gasteiger partial charge in [-0.25, -0.2) is 0 Å². The molecule has 1 amide bonds. The molecule has 2 unspecified atom stereocenters. The van der Waals surface area contributed by atoms with Crippen LogP contribution in [-0.2, 0) is 14.3 Å². The predicted molar refractivity (Wildman–Crippen MR) is 306 cm³/mol. The van der Waals surface area contributed by atoms with Crippen LogP contribution in [-0.4, -0.2) is 47.4 Å². The van der Waals surface area contributed by atoms with Gasteiger partial charge in [0.15, 0.2) is 0 Å². The van der Waals surface area contributed by atoms with Crippen LogP contribution in [0.25, 0.3) is 0 Å². The number of hydrogen-bond acceptors (Lipinski definition) is 5. The standard InChI is InChI=1S/C64H121NO5/c1-3-5-7-9-11-13-15-33-38-42-46-50-54-58-64(69)70-59-55-51-47-43-39-35-32-30-28-26-24-22-20-18-16-17-19-21-23-25-27-29-31-34-37-41-45-49-53-57-63(68)65-61(60-66)62(67)56-52-48-44-40-36-14-12-10-8-6-4-2/h13,15-16,18,52,56,61-62,66-67H,3-12,14,17,19-51,53-55,57-60H2,1-2H3,(H,65,68)/b15-13-,18-16-,56-52+. The lowest BCUT2D eigenvalue weighted by Crippen LogP contribution is -2.45. The van der Waals surface area contributed by atoms with Gasteiger partial charge in [-0.15, -0.1) is 0 Å². The normalized spacial score (nSPS) is 12.8. The van der Waals surface area contributed by atoms with Crippen molar-refractivity contribution in [1.29, 1.82) is 0 Å². The zero-order valence-electron chi connectivity index (χ0n) is 47.0. The summed E-state index contributed by atoms with van der Waals surface area (Å²) in [5.74, 6) is -0.0612. The molecule has 0 spiro atoms. The highest BCUT2D eigenvalue weighted by Gasteiger charge is 2.18. The first-order valence-electron chi connectivity index (χ1n) is 31.3. The third-order valence-electron chi connectivity index (χ3n) is 14.4. The van der Waals surface area contributed by atoms with E-state index in [1.165, 1.54) is 263 Å². The molecule has 0 rings (SSSR count). The SMILES string of the molecule is CCCCCC/C=C\CCCCCCCC(=O)OCCCCCCCCCCCCCC/C=C\CCCCCCCCCCCCCCCC(=O)NC(CO)C(O)/C=C/CCCCCCCCCCC. The Morgan fingerprint density at radius 2 is 0.671 bits per heavy atom. The molecule has 70 heavy (non-hydrogen) atoms. The molecule has 0 bridgehead atoms. The molecule has 0 aliphatic carbocycles. The summed E-state index contributed by atoms with van der Waals surface area (Å²) in [4.78, 5) is 24.4. The molecule has 2 atom stereocenters. The molecule has 0 heterocycles. The van der Waals surface area contributed by atoms with E-state index >= 15 is 0 Å². The molecule has 0 aliphatic rings. The summed E-state index contributed by atoms with van der Waals surface area (Å²) in [6.45, 7) is 4.88. The van der Waals surface area contributed by atoms with E-state index in [1.807, 2.05) is 6.08 Å². The average molecular weight is 985 g/mol. The van der Waals surface area contributed by atoms with Crippen molar-refractivity contribution in [2.24, 2.45) is 0 Å². The van der Waals surface area contributed by atoms with Crippen molar-refractivity contribution in [3.8, 4) is 0 Å². The number of amides is 1. The molecule has 6 nitrogen and oxygen atoms in total. The van der Waals surface area contributed by atoms with Crippen LogP contribution in [0.3, 0.4) is 0 Å². The monoisotopic (exact) mass is 984 g/mol. The molecule has 0 aromatic heterocycles. The van der Waals surface area contributed by atoms with Crippen molar-refractivity contribution in [2.45, 2.75) is 347 Å². The van der Waals surface area contributed by atoms with E-state index in [-0.39, 0.29) is 18.5 Å². The van der Waals surface area contributed by atoms with Crippen molar-refractivity contribution in [2.75, 3.05) is 13.2 Å². The highest BCUT2D eigenvalue weighted by atomic mass is 16.5. The van der Waals surface area contributed by atoms with Gasteiger partial charge in [0.2, 0.25) is 5.91 Å². The number of carbonyl (C=O) groups excluding carboxylic acids is 2. The first-order valence-corrected chi connectivity index (χ1v) is 31.3. The number of rotatable bonds is 58. The molecule has 0 aliphatic heterocycles. The van der Waals surface area contributed by atoms with Gasteiger partial charge in [-0.05, 0) is 83.5 Å². The Hall–Kier alpha value is -1.92. The number of hydrogen-bond donors (Lipinski definition) is 3. The van der Waals surface area contributed by atoms with Gasteiger partial charge in [-0.3, -0.25) is 9.59 Å². The average Bonchev–Trinajstić information content (AvgIpc) is 3.36. The Morgan fingerprint density at radius 1 is 0.386 bits per heavy atom. The van der Waals surface area contributed by atoms with Crippen LogP contribution in [0.1, 0.15) is 335 Å². The van der Waals surface area contributed by atoms with Gasteiger partial charge in [-0.2, -0.15) is 0 Å². The number of aliphatic hydroxyl groups excluding tert-OH is 2. The van der Waals surface area contributed by atoms with E-state index in [0.29, 0.717) is 19.4 Å². The third-order valence-corrected chi connectivity index (χ3v) is 14.4. The summed E-state index contributed by atoms with van der Waals surface area (Å²) >= 11 is 0. The zero-order valence-corrected chi connectivity index (χ0v) is 47.0. The van der Waals surface area contributed by atoms with Crippen molar-refractivity contribution in [3.05, 3.63) is 36.5 Å². The summed E-state index contributed by atoms with van der Waals surface area (Å²) in [6, 6.07) is -0.626. The number of allylic oxidation sites excluding steroid dienone is 5. The maximum absolute atomic E-state index is 12.4. The molecule has 0 aromatic rings. The largest absolute Gasteiger partial charge is 0.466 e. The third kappa shape index (κ3) is 55.4. The molecule has 0 aromatic carbocycles. The van der Waals surface area contributed by atoms with Gasteiger partial charge in [0.25, 0.3) is 0 Å². The number of ether oxygens (including phenoxy) is 1. The lowest BCUT2D eigenvalue weighted by atomic mass is 10.0. The van der Waals surface area contributed by atoms with Crippen molar-refractivity contribution in [1.82, 2.24) is 5.32 Å². The summed E-state index contributed by atoms with van der Waals surface area (Å²) in [7, 11) is 0. The summed E-state index contributed by atoms with van der Waals surface area (Å²) in [6.07, 6.45) is 74.9. The maximum atomic E-state index is 12.4. The predicted octanol–water partition coefficient (Wildman–Crippen LogP) is 19.6. The van der Waals surface area contributed by atoms with Crippen LogP contribution >= 0.6 is 0 Å². The van der Waals surface area contributed by atoms with Gasteiger partial charge in [0, 0.05) is 12.8 Å². The summed E-state index contributed by atoms with van der Waals surface area (Å²) in [5, 5.41) is 23.0. The number of nitrogens with one attached hydrogen (secondary N) is 1. The topological polar surface area (TPSA) is 95.9 Å². The Kier molecular flexibility index (Phi) is 58.0. The van der Waals surface area contributed by atoms with E-state index in [4.69, 9.17) is 4.74 Å². The van der Waals surface area contributed by atoms with Gasteiger partial charge in [0.05, 0.1) is 25.4 Å². The molecular weight excluding hydrogens is 863 g/mol. The van der Waals surface area contributed by atoms with Gasteiger partial charge < -0.3 is 20.3 Å². The second kappa shape index (κ2) is 59.6. The fourth-order valence-corrected chi connectivity index (χ4v) is 9.57. The molecule has 3 N–H and O–H groups in total. The molecule has 0 radical (unpaired) electrons. The van der Waals surface area contributed by atoms with Gasteiger partial charge in [0.1, 0.15) is 0 Å². The number of aliphatic hydroxyl groups is 2. The van der Waals surface area contributed by atoms with E-state index in [1.54, 1.807) is 6.08 Å². The molecule has 412 valence electrons. The Morgan fingerprint density at radius 3 is 1.03 bits per heavy atom. The van der Waals surface area contributed by atoms with Crippen LogP contribution in [0.5, 0.6) is 0 Å². The lowest BCUT2D eigenvalue weighted by Gasteiger charge is -2.20. The second-order valence-corrected chi connectivity index (χ2v) is 21.4. The minimum Gasteiger partial charge on any atom is -0.466 e. The minimum atomic E-state index is -0.842. The fourth-order valence-electron chi connectivity index (χ4n) is 9.57. The highest BCUT2D eigenvalue weighted by molar-refractivity contribution is 5.76. The summed E-state index contributed by atoms with van der Waals surface area (Å²) in [5.41, 5.74) is 0. The summed E-state index contributed by atoms with van der Waals surface area (Å²) < 4.78 is 5.47.